The van der Waals surface area contributed by atoms with Crippen molar-refractivity contribution in [2.24, 2.45) is 0 Å². The van der Waals surface area contributed by atoms with Gasteiger partial charge in [0.05, 0.1) is 17.7 Å². The first-order valence-electron chi connectivity index (χ1n) is 7.45. The molecular weight excluding hydrogens is 356 g/mol. The van der Waals surface area contributed by atoms with Crippen LogP contribution < -0.4 is 9.75 Å². The molecule has 5 nitrogen and oxygen atoms in total. The van der Waals surface area contributed by atoms with E-state index in [1.807, 2.05) is 30.3 Å². The maximum Gasteiger partial charge on any atom is 0.285 e. The Hall–Kier alpha value is -2.51. The van der Waals surface area contributed by atoms with Crippen molar-refractivity contribution in [1.29, 1.82) is 0 Å². The molecular formula is C18H16N2O3S2. The number of hydrazine groups is 1. The number of ether oxygens (including phenoxy) is 1. The van der Waals surface area contributed by atoms with Crippen LogP contribution in [-0.4, -0.2) is 34.5 Å². The standard InChI is InChI=1S/C18H16N2O3S2/c1-19(13-6-4-3-5-7-13)20-17(22)16(25-18(20)24)11-12-8-9-14(21)15(10-12)23-2/h3-11,21H,1-2H3/b16-11+. The zero-order valence-corrected chi connectivity index (χ0v) is 15.3. The number of hydrogen-bond acceptors (Lipinski definition) is 6. The number of benzene rings is 2. The van der Waals surface area contributed by atoms with E-state index < -0.39 is 0 Å². The highest BCUT2D eigenvalue weighted by molar-refractivity contribution is 8.26. The van der Waals surface area contributed by atoms with Crippen LogP contribution in [0, 0.1) is 0 Å². The topological polar surface area (TPSA) is 53.0 Å². The van der Waals surface area contributed by atoms with Gasteiger partial charge in [-0.1, -0.05) is 36.0 Å². The predicted octanol–water partition coefficient (Wildman–Crippen LogP) is 3.65. The van der Waals surface area contributed by atoms with Gasteiger partial charge in [0.15, 0.2) is 15.8 Å². The van der Waals surface area contributed by atoms with Gasteiger partial charge in [-0.05, 0) is 48.1 Å². The number of carbonyl (C=O) groups excluding carboxylic acids is 1. The van der Waals surface area contributed by atoms with E-state index in [1.54, 1.807) is 30.3 Å². The minimum Gasteiger partial charge on any atom is -0.504 e. The van der Waals surface area contributed by atoms with E-state index in [2.05, 4.69) is 0 Å². The van der Waals surface area contributed by atoms with Gasteiger partial charge in [0.25, 0.3) is 5.91 Å². The minimum absolute atomic E-state index is 0.0519. The quantitative estimate of drug-likeness (QED) is 0.653. The third-order valence-corrected chi connectivity index (χ3v) is 4.99. The Bertz CT molecular complexity index is 853. The number of amides is 1. The Labute approximate surface area is 155 Å². The van der Waals surface area contributed by atoms with Crippen molar-refractivity contribution >= 4 is 46.0 Å². The summed E-state index contributed by atoms with van der Waals surface area (Å²) in [6.07, 6.45) is 1.74. The van der Waals surface area contributed by atoms with Crippen molar-refractivity contribution in [3.63, 3.8) is 0 Å². The van der Waals surface area contributed by atoms with Gasteiger partial charge >= 0.3 is 0 Å². The Balaban J connectivity index is 1.88. The first-order chi connectivity index (χ1) is 12.0. The van der Waals surface area contributed by atoms with Crippen LogP contribution in [0.1, 0.15) is 5.56 Å². The highest BCUT2D eigenvalue weighted by Crippen LogP contribution is 2.36. The maximum absolute atomic E-state index is 12.8. The third kappa shape index (κ3) is 3.47. The summed E-state index contributed by atoms with van der Waals surface area (Å²) in [5.74, 6) is 0.218. The summed E-state index contributed by atoms with van der Waals surface area (Å²) in [4.78, 5) is 13.3. The number of anilines is 1. The lowest BCUT2D eigenvalue weighted by molar-refractivity contribution is -0.122. The number of thioether (sulfide) groups is 1. The molecule has 1 aliphatic rings. The van der Waals surface area contributed by atoms with Crippen molar-refractivity contribution in [3.05, 3.63) is 59.0 Å². The highest BCUT2D eigenvalue weighted by Gasteiger charge is 2.35. The van der Waals surface area contributed by atoms with Crippen LogP contribution in [0.4, 0.5) is 5.69 Å². The number of rotatable bonds is 4. The fraction of sp³-hybridized carbons (Fsp3) is 0.111. The lowest BCUT2D eigenvalue weighted by atomic mass is 10.2. The van der Waals surface area contributed by atoms with Crippen molar-refractivity contribution in [3.8, 4) is 11.5 Å². The molecule has 128 valence electrons. The number of methoxy groups -OCH3 is 1. The molecule has 1 aliphatic heterocycles. The van der Waals surface area contributed by atoms with Gasteiger partial charge < -0.3 is 9.84 Å². The summed E-state index contributed by atoms with van der Waals surface area (Å²) in [5, 5.41) is 12.9. The molecule has 25 heavy (non-hydrogen) atoms. The fourth-order valence-corrected chi connectivity index (χ4v) is 3.74. The first kappa shape index (κ1) is 17.3. The van der Waals surface area contributed by atoms with Crippen LogP contribution >= 0.6 is 24.0 Å². The number of hydrogen-bond donors (Lipinski definition) is 1. The zero-order chi connectivity index (χ0) is 18.0. The molecule has 0 radical (unpaired) electrons. The molecule has 7 heteroatoms. The second kappa shape index (κ2) is 7.16. The molecule has 0 atom stereocenters. The number of phenolic OH excluding ortho intramolecular Hbond substituents is 1. The van der Waals surface area contributed by atoms with Gasteiger partial charge in [-0.15, -0.1) is 0 Å². The summed E-state index contributed by atoms with van der Waals surface area (Å²) in [6.45, 7) is 0. The van der Waals surface area contributed by atoms with Crippen LogP contribution in [0.5, 0.6) is 11.5 Å². The summed E-state index contributed by atoms with van der Waals surface area (Å²) >= 11 is 6.62. The van der Waals surface area contributed by atoms with Gasteiger partial charge in [0.2, 0.25) is 0 Å². The van der Waals surface area contributed by atoms with Crippen molar-refractivity contribution in [2.45, 2.75) is 0 Å². The van der Waals surface area contributed by atoms with Gasteiger partial charge in [-0.3, -0.25) is 9.80 Å². The van der Waals surface area contributed by atoms with Crippen LogP contribution in [-0.2, 0) is 4.79 Å². The Kier molecular flexibility index (Phi) is 4.96. The third-order valence-electron chi connectivity index (χ3n) is 3.70. The highest BCUT2D eigenvalue weighted by atomic mass is 32.2. The molecule has 1 fully saturated rings. The number of aromatic hydroxyl groups is 1. The Morgan fingerprint density at radius 1 is 1.24 bits per heavy atom. The molecule has 1 N–H and O–H groups in total. The van der Waals surface area contributed by atoms with Gasteiger partial charge in [-0.25, -0.2) is 0 Å². The molecule has 0 saturated carbocycles. The Morgan fingerprint density at radius 3 is 2.64 bits per heavy atom. The largest absolute Gasteiger partial charge is 0.504 e. The summed E-state index contributed by atoms with van der Waals surface area (Å²) < 4.78 is 5.57. The van der Waals surface area contributed by atoms with Crippen molar-refractivity contribution in [2.75, 3.05) is 19.2 Å². The van der Waals surface area contributed by atoms with Gasteiger partial charge in [-0.2, -0.15) is 5.01 Å². The van der Waals surface area contributed by atoms with E-state index in [0.717, 1.165) is 11.3 Å². The molecule has 0 aliphatic carbocycles. The average Bonchev–Trinajstić information content (AvgIpc) is 2.90. The Morgan fingerprint density at radius 2 is 1.96 bits per heavy atom. The molecule has 1 heterocycles. The number of carbonyl (C=O) groups is 1. The van der Waals surface area contributed by atoms with E-state index in [1.165, 1.54) is 29.9 Å². The molecule has 1 amide bonds. The summed E-state index contributed by atoms with van der Waals surface area (Å²) in [5.41, 5.74) is 1.61. The van der Waals surface area contributed by atoms with E-state index in [-0.39, 0.29) is 11.7 Å². The van der Waals surface area contributed by atoms with Crippen LogP contribution in [0.3, 0.4) is 0 Å². The zero-order valence-electron chi connectivity index (χ0n) is 13.7. The molecule has 1 saturated heterocycles. The number of thiocarbonyl (C=S) groups is 1. The molecule has 2 aromatic carbocycles. The first-order valence-corrected chi connectivity index (χ1v) is 8.67. The fourth-order valence-electron chi connectivity index (χ4n) is 2.41. The van der Waals surface area contributed by atoms with E-state index >= 15 is 0 Å². The van der Waals surface area contributed by atoms with Crippen LogP contribution in [0.2, 0.25) is 0 Å². The maximum atomic E-state index is 12.8. The SMILES string of the molecule is COc1cc(/C=C2/SC(=S)N(N(C)c3ccccc3)C2=O)ccc1O. The number of nitrogens with zero attached hydrogens (tertiary/aromatic N) is 2. The summed E-state index contributed by atoms with van der Waals surface area (Å²) in [6, 6.07) is 14.5. The van der Waals surface area contributed by atoms with E-state index in [0.29, 0.717) is 15.0 Å². The van der Waals surface area contributed by atoms with Crippen molar-refractivity contribution in [1.82, 2.24) is 5.01 Å². The van der Waals surface area contributed by atoms with Crippen LogP contribution in [0.15, 0.2) is 53.4 Å². The number of phenols is 1. The van der Waals surface area contributed by atoms with E-state index in [4.69, 9.17) is 17.0 Å². The molecule has 0 spiro atoms. The molecule has 0 unspecified atom stereocenters. The minimum atomic E-state index is -0.187. The lowest BCUT2D eigenvalue weighted by Crippen LogP contribution is -2.42. The molecule has 0 aromatic heterocycles. The second-order valence-corrected chi connectivity index (χ2v) is 6.96. The van der Waals surface area contributed by atoms with E-state index in [9.17, 15) is 9.90 Å². The smallest absolute Gasteiger partial charge is 0.285 e. The second-order valence-electron chi connectivity index (χ2n) is 5.28. The van der Waals surface area contributed by atoms with Gasteiger partial charge in [0.1, 0.15) is 0 Å². The number of para-hydroxylation sites is 1. The molecule has 3 rings (SSSR count). The molecule has 0 bridgehead atoms. The average molecular weight is 372 g/mol. The molecule has 2 aromatic rings. The van der Waals surface area contributed by atoms with Crippen molar-refractivity contribution < 1.29 is 14.6 Å². The van der Waals surface area contributed by atoms with Gasteiger partial charge in [0, 0.05) is 7.05 Å². The van der Waals surface area contributed by atoms with Crippen LogP contribution in [0.25, 0.3) is 6.08 Å². The predicted molar refractivity (Wildman–Crippen MR) is 105 cm³/mol. The lowest BCUT2D eigenvalue weighted by Gasteiger charge is -2.28. The summed E-state index contributed by atoms with van der Waals surface area (Å²) in [7, 11) is 3.28. The normalized spacial score (nSPS) is 15.8. The monoisotopic (exact) mass is 372 g/mol.